The number of carbonyl (C=O) groups is 2. The number of carbonyl (C=O) groups excluding carboxylic acids is 2. The second kappa shape index (κ2) is 10.6. The second-order valence-corrected chi connectivity index (χ2v) is 8.64. The molecule has 0 saturated heterocycles. The summed E-state index contributed by atoms with van der Waals surface area (Å²) >= 11 is 0. The third-order valence-electron chi connectivity index (χ3n) is 5.40. The lowest BCUT2D eigenvalue weighted by atomic mass is 10.1. The van der Waals surface area contributed by atoms with Crippen LogP contribution >= 0.6 is 0 Å². The van der Waals surface area contributed by atoms with E-state index in [0.717, 1.165) is 24.0 Å². The van der Waals surface area contributed by atoms with E-state index in [0.29, 0.717) is 17.5 Å². The molecule has 3 aromatic rings. The minimum atomic E-state index is -4.84. The largest absolute Gasteiger partial charge is 0.459 e. The van der Waals surface area contributed by atoms with Gasteiger partial charge in [0.05, 0.1) is 17.5 Å². The highest BCUT2D eigenvalue weighted by atomic mass is 19.4. The second-order valence-electron chi connectivity index (χ2n) is 8.64. The molecule has 0 saturated carbocycles. The molecule has 2 aromatic heterocycles. The van der Waals surface area contributed by atoms with Crippen molar-refractivity contribution in [2.75, 3.05) is 10.6 Å². The SMILES string of the molecule is Cc1cc(/C=C(/C#N)C(=O)Nc2ccc(NC(=O)c3ccco3)cc2C(F)(F)F)c(C)n1CC(C)C. The molecular weight excluding hydrogens is 473 g/mol. The van der Waals surface area contributed by atoms with Crippen molar-refractivity contribution in [1.82, 2.24) is 4.57 Å². The van der Waals surface area contributed by atoms with Gasteiger partial charge in [-0.15, -0.1) is 0 Å². The van der Waals surface area contributed by atoms with Crippen LogP contribution in [0.4, 0.5) is 24.5 Å². The van der Waals surface area contributed by atoms with Crippen LogP contribution in [0.5, 0.6) is 0 Å². The molecular formula is C26H25F3N4O3. The summed E-state index contributed by atoms with van der Waals surface area (Å²) < 4.78 is 48.3. The van der Waals surface area contributed by atoms with Gasteiger partial charge in [0.1, 0.15) is 11.6 Å². The maximum atomic E-state index is 13.8. The highest BCUT2D eigenvalue weighted by molar-refractivity contribution is 6.10. The Morgan fingerprint density at radius 3 is 2.47 bits per heavy atom. The molecule has 0 aliphatic carbocycles. The Morgan fingerprint density at radius 1 is 1.17 bits per heavy atom. The minimum Gasteiger partial charge on any atom is -0.459 e. The molecule has 0 unspecified atom stereocenters. The number of alkyl halides is 3. The molecule has 2 amide bonds. The number of nitrogens with one attached hydrogen (secondary N) is 2. The number of anilines is 2. The van der Waals surface area contributed by atoms with Gasteiger partial charge in [0, 0.05) is 23.6 Å². The highest BCUT2D eigenvalue weighted by Gasteiger charge is 2.34. The fraction of sp³-hybridized carbons (Fsp3) is 0.269. The summed E-state index contributed by atoms with van der Waals surface area (Å²) in [5.74, 6) is -1.41. The Labute approximate surface area is 206 Å². The van der Waals surface area contributed by atoms with Crippen LogP contribution in [0, 0.1) is 31.1 Å². The van der Waals surface area contributed by atoms with Crippen molar-refractivity contribution in [2.24, 2.45) is 5.92 Å². The van der Waals surface area contributed by atoms with Crippen molar-refractivity contribution < 1.29 is 27.2 Å². The van der Waals surface area contributed by atoms with Crippen LogP contribution < -0.4 is 10.6 Å². The summed E-state index contributed by atoms with van der Waals surface area (Å²) in [7, 11) is 0. The Balaban J connectivity index is 1.88. The smallest absolute Gasteiger partial charge is 0.418 e. The standard InChI is InChI=1S/C26H25F3N4O3/c1-15(2)14-33-16(3)10-18(17(33)4)11-19(13-30)24(34)32-22-8-7-20(12-21(22)26(27,28)29)31-25(35)23-6-5-9-36-23/h5-12,15H,14H2,1-4H3,(H,31,35)(H,32,34)/b19-11-. The molecule has 0 fully saturated rings. The monoisotopic (exact) mass is 498 g/mol. The maximum absolute atomic E-state index is 13.8. The van der Waals surface area contributed by atoms with E-state index in [2.05, 4.69) is 29.0 Å². The maximum Gasteiger partial charge on any atom is 0.418 e. The van der Waals surface area contributed by atoms with E-state index in [9.17, 15) is 28.0 Å². The van der Waals surface area contributed by atoms with Crippen molar-refractivity contribution in [3.05, 3.63) is 76.5 Å². The predicted molar refractivity (Wildman–Crippen MR) is 129 cm³/mol. The van der Waals surface area contributed by atoms with Gasteiger partial charge in [0.15, 0.2) is 5.76 Å². The number of nitriles is 1. The molecule has 0 atom stereocenters. The van der Waals surface area contributed by atoms with Crippen molar-refractivity contribution in [2.45, 2.75) is 40.4 Å². The zero-order valence-corrected chi connectivity index (χ0v) is 20.2. The van der Waals surface area contributed by atoms with Gasteiger partial charge in [-0.05, 0) is 67.8 Å². The Morgan fingerprint density at radius 2 is 1.89 bits per heavy atom. The Kier molecular flexibility index (Phi) is 7.73. The average molecular weight is 499 g/mol. The van der Waals surface area contributed by atoms with Gasteiger partial charge < -0.3 is 19.6 Å². The Bertz CT molecular complexity index is 1340. The molecule has 0 aliphatic heterocycles. The van der Waals surface area contributed by atoms with Gasteiger partial charge in [0.2, 0.25) is 0 Å². The molecule has 2 heterocycles. The minimum absolute atomic E-state index is 0.0718. The first-order valence-corrected chi connectivity index (χ1v) is 11.1. The van der Waals surface area contributed by atoms with Gasteiger partial charge in [0.25, 0.3) is 11.8 Å². The average Bonchev–Trinajstić information content (AvgIpc) is 3.42. The first kappa shape index (κ1) is 26.3. The molecule has 3 rings (SSSR count). The molecule has 10 heteroatoms. The molecule has 0 radical (unpaired) electrons. The summed E-state index contributed by atoms with van der Waals surface area (Å²) in [4.78, 5) is 24.9. The topological polar surface area (TPSA) is 100 Å². The lowest BCUT2D eigenvalue weighted by molar-refractivity contribution is -0.136. The normalized spacial score (nSPS) is 11.9. The third-order valence-corrected chi connectivity index (χ3v) is 5.40. The van der Waals surface area contributed by atoms with Crippen molar-refractivity contribution in [1.29, 1.82) is 5.26 Å². The van der Waals surface area contributed by atoms with Gasteiger partial charge in [-0.2, -0.15) is 18.4 Å². The summed E-state index contributed by atoms with van der Waals surface area (Å²) in [6.45, 7) is 8.63. The molecule has 36 heavy (non-hydrogen) atoms. The fourth-order valence-corrected chi connectivity index (χ4v) is 3.68. The number of nitrogens with zero attached hydrogens (tertiary/aromatic N) is 2. The summed E-state index contributed by atoms with van der Waals surface area (Å²) in [6, 6.07) is 9.35. The van der Waals surface area contributed by atoms with E-state index >= 15 is 0 Å². The van der Waals surface area contributed by atoms with Gasteiger partial charge in [-0.3, -0.25) is 9.59 Å². The number of hydrogen-bond donors (Lipinski definition) is 2. The van der Waals surface area contributed by atoms with E-state index in [-0.39, 0.29) is 17.0 Å². The summed E-state index contributed by atoms with van der Waals surface area (Å²) in [6.07, 6.45) is -2.22. The van der Waals surface area contributed by atoms with Crippen LogP contribution in [0.15, 0.2) is 52.7 Å². The zero-order chi connectivity index (χ0) is 26.6. The van der Waals surface area contributed by atoms with Crippen molar-refractivity contribution in [3.63, 3.8) is 0 Å². The molecule has 2 N–H and O–H groups in total. The molecule has 188 valence electrons. The summed E-state index contributed by atoms with van der Waals surface area (Å²) in [5, 5.41) is 14.0. The zero-order valence-electron chi connectivity index (χ0n) is 20.2. The number of amides is 2. The van der Waals surface area contributed by atoms with E-state index in [1.807, 2.05) is 19.9 Å². The molecule has 0 bridgehead atoms. The first-order chi connectivity index (χ1) is 16.9. The first-order valence-electron chi connectivity index (χ1n) is 11.1. The van der Waals surface area contributed by atoms with Crippen LogP contribution in [0.3, 0.4) is 0 Å². The van der Waals surface area contributed by atoms with Crippen LogP contribution in [0.25, 0.3) is 6.08 Å². The van der Waals surface area contributed by atoms with E-state index in [4.69, 9.17) is 4.42 Å². The molecule has 1 aromatic carbocycles. The third kappa shape index (κ3) is 6.05. The molecule has 7 nitrogen and oxygen atoms in total. The van der Waals surface area contributed by atoms with Crippen LogP contribution in [-0.4, -0.2) is 16.4 Å². The number of aryl methyl sites for hydroxylation is 1. The number of hydrogen-bond acceptors (Lipinski definition) is 4. The van der Waals surface area contributed by atoms with Crippen LogP contribution in [0.1, 0.15) is 46.9 Å². The number of halogens is 3. The van der Waals surface area contributed by atoms with E-state index in [1.54, 1.807) is 6.07 Å². The lowest BCUT2D eigenvalue weighted by Gasteiger charge is -2.15. The van der Waals surface area contributed by atoms with Crippen molar-refractivity contribution >= 4 is 29.3 Å². The number of furan rings is 1. The number of benzene rings is 1. The van der Waals surface area contributed by atoms with E-state index in [1.165, 1.54) is 30.5 Å². The summed E-state index contributed by atoms with van der Waals surface area (Å²) in [5.41, 5.74) is 0.201. The quantitative estimate of drug-likeness (QED) is 0.300. The number of aromatic nitrogens is 1. The number of rotatable bonds is 7. The Hall–Kier alpha value is -4.26. The molecule has 0 aliphatic rings. The van der Waals surface area contributed by atoms with Crippen LogP contribution in [0.2, 0.25) is 0 Å². The van der Waals surface area contributed by atoms with Gasteiger partial charge >= 0.3 is 6.18 Å². The van der Waals surface area contributed by atoms with Crippen LogP contribution in [-0.2, 0) is 17.5 Å². The van der Waals surface area contributed by atoms with Gasteiger partial charge in [-0.25, -0.2) is 0 Å². The lowest BCUT2D eigenvalue weighted by Crippen LogP contribution is -2.18. The molecule has 0 spiro atoms. The highest BCUT2D eigenvalue weighted by Crippen LogP contribution is 2.37. The fourth-order valence-electron chi connectivity index (χ4n) is 3.68. The van der Waals surface area contributed by atoms with E-state index < -0.39 is 29.2 Å². The predicted octanol–water partition coefficient (Wildman–Crippen LogP) is 6.17. The van der Waals surface area contributed by atoms with Crippen molar-refractivity contribution in [3.8, 4) is 6.07 Å². The van der Waals surface area contributed by atoms with Gasteiger partial charge in [-0.1, -0.05) is 13.8 Å².